The number of cyclic esters (lactones) is 2. The molecule has 0 radical (unpaired) electrons. The second kappa shape index (κ2) is 6.61. The van der Waals surface area contributed by atoms with Gasteiger partial charge < -0.3 is 37.9 Å². The number of fused-ring (bicyclic) bond motifs is 3. The molecule has 7 unspecified atom stereocenters. The summed E-state index contributed by atoms with van der Waals surface area (Å²) in [5.41, 5.74) is -1.06. The number of carbonyl (C=O) groups excluding carboxylic acids is 2. The molecule has 0 saturated carbocycles. The molecule has 4 fully saturated rings. The molecule has 146 valence electrons. The monoisotopic (exact) mass is 374 g/mol. The first kappa shape index (κ1) is 17.9. The molecule has 4 heterocycles. The maximum absolute atomic E-state index is 12.4. The van der Waals surface area contributed by atoms with Crippen molar-refractivity contribution in [3.05, 3.63) is 0 Å². The van der Waals surface area contributed by atoms with Crippen LogP contribution in [0.4, 0.5) is 4.79 Å². The molecule has 0 aliphatic carbocycles. The van der Waals surface area contributed by atoms with Crippen molar-refractivity contribution >= 4 is 12.1 Å². The molecule has 0 N–H and O–H groups in total. The van der Waals surface area contributed by atoms with Gasteiger partial charge in [0.2, 0.25) is 0 Å². The second-order valence-corrected chi connectivity index (χ2v) is 7.10. The van der Waals surface area contributed by atoms with Gasteiger partial charge in [-0.25, -0.2) is 4.79 Å². The lowest BCUT2D eigenvalue weighted by Crippen LogP contribution is -2.56. The molecule has 4 aliphatic heterocycles. The van der Waals surface area contributed by atoms with E-state index >= 15 is 0 Å². The number of carbonyl (C=O) groups is 2. The minimum Gasteiger partial charge on any atom is -0.462 e. The van der Waals surface area contributed by atoms with Crippen molar-refractivity contribution in [2.24, 2.45) is 5.41 Å². The summed E-state index contributed by atoms with van der Waals surface area (Å²) in [4.78, 5) is 23.4. The molecule has 10 nitrogen and oxygen atoms in total. The van der Waals surface area contributed by atoms with E-state index in [4.69, 9.17) is 37.9 Å². The molecule has 0 bridgehead atoms. The SMILES string of the molecule is CC1OC2OC(COC(=O)C3(C)COC(=O)OC3)C3OC(C)OC3C2O1. The highest BCUT2D eigenvalue weighted by Crippen LogP contribution is 2.38. The van der Waals surface area contributed by atoms with Crippen LogP contribution in [0.1, 0.15) is 20.8 Å². The van der Waals surface area contributed by atoms with Gasteiger partial charge in [0.15, 0.2) is 18.9 Å². The van der Waals surface area contributed by atoms with E-state index in [1.54, 1.807) is 20.8 Å². The predicted octanol–water partition coefficient (Wildman–Crippen LogP) is 0.319. The van der Waals surface area contributed by atoms with Gasteiger partial charge in [-0.1, -0.05) is 0 Å². The third-order valence-corrected chi connectivity index (χ3v) is 4.85. The lowest BCUT2D eigenvalue weighted by molar-refractivity contribution is -0.235. The van der Waals surface area contributed by atoms with Crippen LogP contribution in [0.2, 0.25) is 0 Å². The standard InChI is InChI=1S/C16H22O10/c1-7-22-10-9(26-13-12(11(10)23-7)24-8(2)25-13)4-19-14(17)16(3)5-20-15(18)21-6-16/h7-13H,4-6H2,1-3H3. The molecule has 4 rings (SSSR count). The minimum atomic E-state index is -1.06. The first-order valence-corrected chi connectivity index (χ1v) is 8.60. The van der Waals surface area contributed by atoms with Crippen molar-refractivity contribution in [2.75, 3.05) is 19.8 Å². The van der Waals surface area contributed by atoms with Gasteiger partial charge in [0, 0.05) is 0 Å². The Hall–Kier alpha value is -1.46. The van der Waals surface area contributed by atoms with Crippen LogP contribution in [0.3, 0.4) is 0 Å². The van der Waals surface area contributed by atoms with Crippen LogP contribution in [0, 0.1) is 5.41 Å². The van der Waals surface area contributed by atoms with Gasteiger partial charge >= 0.3 is 12.1 Å². The largest absolute Gasteiger partial charge is 0.508 e. The number of hydrogen-bond acceptors (Lipinski definition) is 10. The first-order valence-electron chi connectivity index (χ1n) is 8.60. The Morgan fingerprint density at radius 2 is 1.62 bits per heavy atom. The zero-order valence-electron chi connectivity index (χ0n) is 14.7. The Balaban J connectivity index is 1.39. The van der Waals surface area contributed by atoms with Gasteiger partial charge in [-0.2, -0.15) is 0 Å². The molecule has 0 spiro atoms. The van der Waals surface area contributed by atoms with Crippen molar-refractivity contribution < 1.29 is 47.5 Å². The van der Waals surface area contributed by atoms with Crippen LogP contribution in [-0.2, 0) is 42.7 Å². The molecule has 4 aliphatic rings. The Bertz CT molecular complexity index is 569. The number of esters is 1. The molecule has 26 heavy (non-hydrogen) atoms. The quantitative estimate of drug-likeness (QED) is 0.641. The third kappa shape index (κ3) is 3.16. The summed E-state index contributed by atoms with van der Waals surface area (Å²) in [6.45, 7) is 4.91. The lowest BCUT2D eigenvalue weighted by atomic mass is 9.92. The Labute approximate surface area is 149 Å². The normalized spacial score (nSPS) is 43.8. The summed E-state index contributed by atoms with van der Waals surface area (Å²) in [6, 6.07) is 0. The van der Waals surface area contributed by atoms with Gasteiger partial charge in [0.25, 0.3) is 0 Å². The number of rotatable bonds is 3. The van der Waals surface area contributed by atoms with Crippen molar-refractivity contribution in [1.82, 2.24) is 0 Å². The van der Waals surface area contributed by atoms with Crippen LogP contribution >= 0.6 is 0 Å². The summed E-state index contributed by atoms with van der Waals surface area (Å²) < 4.78 is 43.7. The summed E-state index contributed by atoms with van der Waals surface area (Å²) in [7, 11) is 0. The van der Waals surface area contributed by atoms with E-state index in [2.05, 4.69) is 0 Å². The maximum Gasteiger partial charge on any atom is 0.508 e. The van der Waals surface area contributed by atoms with Gasteiger partial charge in [-0.15, -0.1) is 0 Å². The van der Waals surface area contributed by atoms with E-state index < -0.39 is 54.7 Å². The van der Waals surface area contributed by atoms with Crippen molar-refractivity contribution in [1.29, 1.82) is 0 Å². The van der Waals surface area contributed by atoms with Crippen molar-refractivity contribution in [3.8, 4) is 0 Å². The van der Waals surface area contributed by atoms with Gasteiger partial charge in [-0.3, -0.25) is 4.79 Å². The zero-order chi connectivity index (χ0) is 18.5. The van der Waals surface area contributed by atoms with Crippen molar-refractivity contribution in [2.45, 2.75) is 64.1 Å². The molecule has 0 aromatic carbocycles. The summed E-state index contributed by atoms with van der Waals surface area (Å²) >= 11 is 0. The number of ether oxygens (including phenoxy) is 8. The van der Waals surface area contributed by atoms with Crippen LogP contribution in [0.25, 0.3) is 0 Å². The molecule has 0 amide bonds. The molecule has 0 aromatic rings. The third-order valence-electron chi connectivity index (χ3n) is 4.85. The Morgan fingerprint density at radius 3 is 2.35 bits per heavy atom. The fraction of sp³-hybridized carbons (Fsp3) is 0.875. The molecular weight excluding hydrogens is 352 g/mol. The van der Waals surface area contributed by atoms with Gasteiger partial charge in [-0.05, 0) is 20.8 Å². The highest BCUT2D eigenvalue weighted by atomic mass is 16.8. The average Bonchev–Trinajstić information content (AvgIpc) is 3.16. The fourth-order valence-electron chi connectivity index (χ4n) is 3.47. The zero-order valence-corrected chi connectivity index (χ0v) is 14.7. The predicted molar refractivity (Wildman–Crippen MR) is 79.7 cm³/mol. The van der Waals surface area contributed by atoms with E-state index in [-0.39, 0.29) is 25.9 Å². The second-order valence-electron chi connectivity index (χ2n) is 7.10. The highest BCUT2D eigenvalue weighted by molar-refractivity contribution is 5.78. The number of hydrogen-bond donors (Lipinski definition) is 0. The van der Waals surface area contributed by atoms with Crippen LogP contribution in [0.15, 0.2) is 0 Å². The van der Waals surface area contributed by atoms with Crippen LogP contribution in [0.5, 0.6) is 0 Å². The van der Waals surface area contributed by atoms with E-state index in [0.29, 0.717) is 0 Å². The van der Waals surface area contributed by atoms with Gasteiger partial charge in [0.1, 0.15) is 49.7 Å². The van der Waals surface area contributed by atoms with E-state index in [9.17, 15) is 9.59 Å². The fourth-order valence-corrected chi connectivity index (χ4v) is 3.47. The molecule has 0 aromatic heterocycles. The highest BCUT2D eigenvalue weighted by Gasteiger charge is 2.57. The average molecular weight is 374 g/mol. The van der Waals surface area contributed by atoms with E-state index in [1.807, 2.05) is 0 Å². The summed E-state index contributed by atoms with van der Waals surface area (Å²) in [5, 5.41) is 0. The minimum absolute atomic E-state index is 0.0550. The lowest BCUT2D eigenvalue weighted by Gasteiger charge is -2.37. The molecule has 4 saturated heterocycles. The summed E-state index contributed by atoms with van der Waals surface area (Å²) in [6.07, 6.45) is -4.02. The van der Waals surface area contributed by atoms with Crippen LogP contribution < -0.4 is 0 Å². The van der Waals surface area contributed by atoms with Crippen molar-refractivity contribution in [3.63, 3.8) is 0 Å². The van der Waals surface area contributed by atoms with Gasteiger partial charge in [0.05, 0.1) is 0 Å². The first-order chi connectivity index (χ1) is 12.4. The topological polar surface area (TPSA) is 108 Å². The Morgan fingerprint density at radius 1 is 1.00 bits per heavy atom. The van der Waals surface area contributed by atoms with Crippen LogP contribution in [-0.4, -0.2) is 75.2 Å². The Kier molecular flexibility index (Phi) is 4.56. The molecule has 10 heteroatoms. The maximum atomic E-state index is 12.4. The molecule has 7 atom stereocenters. The van der Waals surface area contributed by atoms with E-state index in [1.165, 1.54) is 0 Å². The smallest absolute Gasteiger partial charge is 0.462 e. The summed E-state index contributed by atoms with van der Waals surface area (Å²) in [5.74, 6) is -0.545. The van der Waals surface area contributed by atoms with E-state index in [0.717, 1.165) is 0 Å². The molecular formula is C16H22O10.